The number of fused-ring (bicyclic) bond motifs is 5. The number of hydrogen-bond acceptors (Lipinski definition) is 4. The van der Waals surface area contributed by atoms with Gasteiger partial charge < -0.3 is 0 Å². The third-order valence-corrected chi connectivity index (χ3v) is 7.19. The summed E-state index contributed by atoms with van der Waals surface area (Å²) in [6.07, 6.45) is 4.43. The van der Waals surface area contributed by atoms with Gasteiger partial charge in [-0.3, -0.25) is 19.2 Å². The summed E-state index contributed by atoms with van der Waals surface area (Å²) in [5, 5.41) is 0. The Morgan fingerprint density at radius 3 is 2.52 bits per heavy atom. The Morgan fingerprint density at radius 1 is 1.04 bits per heavy atom. The molecule has 4 aliphatic rings. The molecule has 0 aromatic rings. The van der Waals surface area contributed by atoms with E-state index in [1.54, 1.807) is 0 Å². The highest BCUT2D eigenvalue weighted by molar-refractivity contribution is 6.08. The first kappa shape index (κ1) is 15.0. The average Bonchev–Trinajstić information content (AvgIpc) is 2.76. The molecule has 0 bridgehead atoms. The molecule has 5 atom stereocenters. The van der Waals surface area contributed by atoms with Crippen molar-refractivity contribution in [3.8, 4) is 0 Å². The fourth-order valence-corrected chi connectivity index (χ4v) is 6.01. The molecule has 0 N–H and O–H groups in total. The van der Waals surface area contributed by atoms with Crippen LogP contribution in [0.15, 0.2) is 11.6 Å². The van der Waals surface area contributed by atoms with Crippen molar-refractivity contribution in [3.63, 3.8) is 0 Å². The van der Waals surface area contributed by atoms with E-state index in [0.717, 1.165) is 6.42 Å². The van der Waals surface area contributed by atoms with Gasteiger partial charge in [-0.1, -0.05) is 13.8 Å². The van der Waals surface area contributed by atoms with E-state index < -0.39 is 10.8 Å². The Morgan fingerprint density at radius 2 is 1.78 bits per heavy atom. The molecule has 122 valence electrons. The Bertz CT molecular complexity index is 687. The molecule has 4 nitrogen and oxygen atoms in total. The summed E-state index contributed by atoms with van der Waals surface area (Å²) in [4.78, 5) is 49.8. The van der Waals surface area contributed by atoms with Gasteiger partial charge in [0.05, 0.1) is 0 Å². The number of ketones is 4. The number of hydrogen-bond donors (Lipinski definition) is 0. The van der Waals surface area contributed by atoms with Gasteiger partial charge in [-0.2, -0.15) is 0 Å². The van der Waals surface area contributed by atoms with Crippen LogP contribution in [0.5, 0.6) is 0 Å². The van der Waals surface area contributed by atoms with Crippen LogP contribution in [-0.4, -0.2) is 23.1 Å². The molecule has 4 heteroatoms. The van der Waals surface area contributed by atoms with Crippen LogP contribution in [0.2, 0.25) is 0 Å². The molecule has 3 saturated carbocycles. The van der Waals surface area contributed by atoms with Crippen LogP contribution in [0.25, 0.3) is 0 Å². The predicted octanol–water partition coefficient (Wildman–Crippen LogP) is 2.45. The predicted molar refractivity (Wildman–Crippen MR) is 82.5 cm³/mol. The van der Waals surface area contributed by atoms with Crippen molar-refractivity contribution in [1.82, 2.24) is 0 Å². The summed E-state index contributed by atoms with van der Waals surface area (Å²) in [6.45, 7) is 3.90. The van der Waals surface area contributed by atoms with Crippen LogP contribution in [0.4, 0.5) is 0 Å². The van der Waals surface area contributed by atoms with Gasteiger partial charge in [0.25, 0.3) is 0 Å². The van der Waals surface area contributed by atoms with E-state index in [1.807, 2.05) is 13.8 Å². The quantitative estimate of drug-likeness (QED) is 0.689. The number of carbonyl (C=O) groups excluding carboxylic acids is 4. The molecule has 0 unspecified atom stereocenters. The van der Waals surface area contributed by atoms with Gasteiger partial charge in [-0.05, 0) is 30.8 Å². The first-order valence-electron chi connectivity index (χ1n) is 8.61. The summed E-state index contributed by atoms with van der Waals surface area (Å²) in [6, 6.07) is 0. The van der Waals surface area contributed by atoms with Gasteiger partial charge in [0.15, 0.2) is 11.6 Å². The van der Waals surface area contributed by atoms with Gasteiger partial charge in [0.2, 0.25) is 0 Å². The second kappa shape index (κ2) is 4.49. The second-order valence-corrected chi connectivity index (χ2v) is 8.34. The Balaban J connectivity index is 1.82. The Hall–Kier alpha value is -1.58. The maximum Gasteiger partial charge on any atom is 0.159 e. The van der Waals surface area contributed by atoms with Crippen LogP contribution in [-0.2, 0) is 19.2 Å². The zero-order valence-corrected chi connectivity index (χ0v) is 13.7. The fourth-order valence-electron chi connectivity index (χ4n) is 6.01. The molecule has 4 aliphatic carbocycles. The van der Waals surface area contributed by atoms with E-state index >= 15 is 0 Å². The molecule has 4 rings (SSSR count). The minimum Gasteiger partial charge on any atom is -0.299 e. The second-order valence-electron chi connectivity index (χ2n) is 8.34. The lowest BCUT2D eigenvalue weighted by atomic mass is 9.47. The smallest absolute Gasteiger partial charge is 0.159 e. The van der Waals surface area contributed by atoms with E-state index in [0.29, 0.717) is 37.7 Å². The van der Waals surface area contributed by atoms with Crippen molar-refractivity contribution in [2.45, 2.75) is 52.4 Å². The summed E-state index contributed by atoms with van der Waals surface area (Å²) in [5.41, 5.74) is -0.519. The highest BCUT2D eigenvalue weighted by atomic mass is 16.1. The Kier molecular flexibility index (Phi) is 2.92. The van der Waals surface area contributed by atoms with Crippen LogP contribution in [0.3, 0.4) is 0 Å². The fraction of sp³-hybridized carbons (Fsp3) is 0.684. The van der Waals surface area contributed by atoms with Crippen LogP contribution >= 0.6 is 0 Å². The lowest BCUT2D eigenvalue weighted by molar-refractivity contribution is -0.152. The molecule has 0 aromatic heterocycles. The summed E-state index contributed by atoms with van der Waals surface area (Å²) in [5.74, 6) is 0.217. The molecular weight excluding hydrogens is 292 g/mol. The maximum atomic E-state index is 13.0. The number of allylic oxidation sites excluding steroid dienone is 1. The van der Waals surface area contributed by atoms with Crippen molar-refractivity contribution < 1.29 is 19.2 Å². The maximum absolute atomic E-state index is 13.0. The van der Waals surface area contributed by atoms with Crippen molar-refractivity contribution in [1.29, 1.82) is 0 Å². The van der Waals surface area contributed by atoms with Gasteiger partial charge in [0.1, 0.15) is 11.6 Å². The molecule has 23 heavy (non-hydrogen) atoms. The normalized spacial score (nSPS) is 46.2. The largest absolute Gasteiger partial charge is 0.299 e. The SMILES string of the molecule is C[C@]12CCC(=O)C=C1C(=O)C[C@@H]1[C@@H]2C(=O)C[C@]2(C)C(=O)CC[C@@H]12. The lowest BCUT2D eigenvalue weighted by Gasteiger charge is -2.54. The molecular formula is C19H22O4. The van der Waals surface area contributed by atoms with E-state index in [2.05, 4.69) is 0 Å². The first-order valence-corrected chi connectivity index (χ1v) is 8.61. The monoisotopic (exact) mass is 314 g/mol. The molecule has 0 amide bonds. The van der Waals surface area contributed by atoms with Crippen molar-refractivity contribution in [2.75, 3.05) is 0 Å². The number of Topliss-reactive ketones (excluding diaryl/α,β-unsaturated/α-hetero) is 3. The summed E-state index contributed by atoms with van der Waals surface area (Å²) < 4.78 is 0. The molecule has 0 spiro atoms. The Labute approximate surface area is 135 Å². The number of rotatable bonds is 0. The van der Waals surface area contributed by atoms with Gasteiger partial charge in [-0.25, -0.2) is 0 Å². The molecule has 0 aromatic carbocycles. The topological polar surface area (TPSA) is 68.3 Å². The molecule has 0 radical (unpaired) electrons. The molecule has 0 aliphatic heterocycles. The van der Waals surface area contributed by atoms with E-state index in [1.165, 1.54) is 6.08 Å². The van der Waals surface area contributed by atoms with Crippen molar-refractivity contribution >= 4 is 23.1 Å². The van der Waals surface area contributed by atoms with Crippen LogP contribution in [0, 0.1) is 28.6 Å². The highest BCUT2D eigenvalue weighted by Gasteiger charge is 2.63. The standard InChI is InChI=1S/C19H22O4/c1-18-6-5-10(20)7-13(18)14(21)8-11-12-3-4-16(23)19(12,2)9-15(22)17(11)18/h7,11-12,17H,3-6,8-9H2,1-2H3/t11-,12-,17+,18-,19-/m0/s1. The minimum absolute atomic E-state index is 0.00610. The zero-order valence-electron chi connectivity index (χ0n) is 13.7. The van der Waals surface area contributed by atoms with Gasteiger partial charge >= 0.3 is 0 Å². The summed E-state index contributed by atoms with van der Waals surface area (Å²) >= 11 is 0. The number of carbonyl (C=O) groups is 4. The molecule has 0 heterocycles. The zero-order chi connectivity index (χ0) is 16.6. The van der Waals surface area contributed by atoms with Crippen molar-refractivity contribution in [3.05, 3.63) is 11.6 Å². The molecule has 0 saturated heterocycles. The van der Waals surface area contributed by atoms with E-state index in [4.69, 9.17) is 0 Å². The molecule has 3 fully saturated rings. The van der Waals surface area contributed by atoms with Crippen LogP contribution < -0.4 is 0 Å². The average molecular weight is 314 g/mol. The van der Waals surface area contributed by atoms with E-state index in [9.17, 15) is 19.2 Å². The van der Waals surface area contributed by atoms with Gasteiger partial charge in [-0.15, -0.1) is 0 Å². The minimum atomic E-state index is -0.569. The third-order valence-electron chi connectivity index (χ3n) is 7.19. The third kappa shape index (κ3) is 1.78. The van der Waals surface area contributed by atoms with E-state index in [-0.39, 0.29) is 40.9 Å². The first-order chi connectivity index (χ1) is 10.8. The van der Waals surface area contributed by atoms with Crippen LogP contribution in [0.1, 0.15) is 52.4 Å². The van der Waals surface area contributed by atoms with Crippen molar-refractivity contribution in [2.24, 2.45) is 28.6 Å². The van der Waals surface area contributed by atoms with Gasteiger partial charge in [0, 0.05) is 48.0 Å². The summed E-state index contributed by atoms with van der Waals surface area (Å²) in [7, 11) is 0. The lowest BCUT2D eigenvalue weighted by Crippen LogP contribution is -2.56. The highest BCUT2D eigenvalue weighted by Crippen LogP contribution is 2.62.